The third-order valence-corrected chi connectivity index (χ3v) is 2.95. The van der Waals surface area contributed by atoms with Crippen LogP contribution in [0.5, 0.6) is 5.75 Å². The van der Waals surface area contributed by atoms with Crippen LogP contribution in [0, 0.1) is 12.7 Å². The van der Waals surface area contributed by atoms with E-state index in [0.29, 0.717) is 10.6 Å². The normalized spacial score (nSPS) is 10.4. The van der Waals surface area contributed by atoms with Crippen molar-refractivity contribution in [1.29, 1.82) is 0 Å². The number of halogens is 2. The molecule has 0 fully saturated rings. The molecular weight excluding hydrogens is 227 g/mol. The molecule has 0 saturated carbocycles. The Labute approximate surface area is 98.1 Å². The van der Waals surface area contributed by atoms with Crippen LogP contribution >= 0.6 is 11.6 Å². The molecule has 2 aromatic rings. The summed E-state index contributed by atoms with van der Waals surface area (Å²) < 4.78 is 12.9. The van der Waals surface area contributed by atoms with Gasteiger partial charge in [0.25, 0.3) is 0 Å². The zero-order valence-corrected chi connectivity index (χ0v) is 9.42. The Bertz CT molecular complexity index is 537. The standard InChI is InChI=1S/C13H10ClFO/c1-8-3-2-4-10(13(8)14)9-5-6-11(15)12(16)7-9/h2-7,16H,1H3. The number of hydrogen-bond donors (Lipinski definition) is 1. The summed E-state index contributed by atoms with van der Waals surface area (Å²) in [5, 5.41) is 9.92. The van der Waals surface area contributed by atoms with Crippen LogP contribution in [0.25, 0.3) is 11.1 Å². The molecule has 0 aliphatic carbocycles. The smallest absolute Gasteiger partial charge is 0.164 e. The zero-order valence-electron chi connectivity index (χ0n) is 8.67. The molecule has 2 aromatic carbocycles. The lowest BCUT2D eigenvalue weighted by molar-refractivity contribution is 0.433. The van der Waals surface area contributed by atoms with Crippen LogP contribution in [0.2, 0.25) is 5.02 Å². The van der Waals surface area contributed by atoms with Gasteiger partial charge in [0, 0.05) is 5.56 Å². The molecule has 2 rings (SSSR count). The molecule has 82 valence electrons. The Morgan fingerprint density at radius 1 is 1.19 bits per heavy atom. The fourth-order valence-electron chi connectivity index (χ4n) is 1.55. The minimum absolute atomic E-state index is 0.366. The highest BCUT2D eigenvalue weighted by molar-refractivity contribution is 6.34. The largest absolute Gasteiger partial charge is 0.505 e. The SMILES string of the molecule is Cc1cccc(-c2ccc(F)c(O)c2)c1Cl. The van der Waals surface area contributed by atoms with E-state index in [4.69, 9.17) is 11.6 Å². The first-order chi connectivity index (χ1) is 7.59. The van der Waals surface area contributed by atoms with Gasteiger partial charge in [-0.3, -0.25) is 0 Å². The number of rotatable bonds is 1. The molecule has 0 amide bonds. The van der Waals surface area contributed by atoms with E-state index in [1.807, 2.05) is 25.1 Å². The van der Waals surface area contributed by atoms with Crippen molar-refractivity contribution in [3.05, 3.63) is 52.8 Å². The Hall–Kier alpha value is -1.54. The minimum Gasteiger partial charge on any atom is -0.505 e. The summed E-state index contributed by atoms with van der Waals surface area (Å²) in [4.78, 5) is 0. The number of phenolic OH excluding ortho intramolecular Hbond substituents is 1. The fourth-order valence-corrected chi connectivity index (χ4v) is 1.79. The predicted octanol–water partition coefficient (Wildman–Crippen LogP) is 4.16. The first kappa shape index (κ1) is 11.0. The van der Waals surface area contributed by atoms with Crippen LogP contribution < -0.4 is 0 Å². The monoisotopic (exact) mass is 236 g/mol. The Balaban J connectivity index is 2.59. The van der Waals surface area contributed by atoms with Crippen molar-refractivity contribution < 1.29 is 9.50 Å². The van der Waals surface area contributed by atoms with E-state index in [2.05, 4.69) is 0 Å². The number of aryl methyl sites for hydroxylation is 1. The topological polar surface area (TPSA) is 20.2 Å². The van der Waals surface area contributed by atoms with Crippen molar-refractivity contribution in [2.75, 3.05) is 0 Å². The lowest BCUT2D eigenvalue weighted by Crippen LogP contribution is -1.84. The summed E-state index contributed by atoms with van der Waals surface area (Å²) in [7, 11) is 0. The van der Waals surface area contributed by atoms with Gasteiger partial charge in [0.05, 0.1) is 5.02 Å². The molecule has 0 spiro atoms. The minimum atomic E-state index is -0.632. The highest BCUT2D eigenvalue weighted by Gasteiger charge is 2.08. The third kappa shape index (κ3) is 1.89. The van der Waals surface area contributed by atoms with E-state index in [-0.39, 0.29) is 5.75 Å². The summed E-state index contributed by atoms with van der Waals surface area (Å²) in [6, 6.07) is 9.79. The first-order valence-electron chi connectivity index (χ1n) is 4.83. The van der Waals surface area contributed by atoms with Crippen LogP contribution in [0.3, 0.4) is 0 Å². The first-order valence-corrected chi connectivity index (χ1v) is 5.21. The molecule has 0 heterocycles. The van der Waals surface area contributed by atoms with E-state index >= 15 is 0 Å². The van der Waals surface area contributed by atoms with Crippen LogP contribution in [0.4, 0.5) is 4.39 Å². The van der Waals surface area contributed by atoms with Crippen LogP contribution in [0.1, 0.15) is 5.56 Å². The van der Waals surface area contributed by atoms with Crippen molar-refractivity contribution in [3.63, 3.8) is 0 Å². The Morgan fingerprint density at radius 2 is 1.94 bits per heavy atom. The number of hydrogen-bond acceptors (Lipinski definition) is 1. The van der Waals surface area contributed by atoms with Gasteiger partial charge in [-0.15, -0.1) is 0 Å². The summed E-state index contributed by atoms with van der Waals surface area (Å²) in [5.41, 5.74) is 2.44. The molecular formula is C13H10ClFO. The second-order valence-corrected chi connectivity index (χ2v) is 3.98. The molecule has 0 radical (unpaired) electrons. The van der Waals surface area contributed by atoms with Crippen LogP contribution in [-0.2, 0) is 0 Å². The van der Waals surface area contributed by atoms with E-state index < -0.39 is 5.82 Å². The van der Waals surface area contributed by atoms with Gasteiger partial charge in [-0.1, -0.05) is 35.9 Å². The van der Waals surface area contributed by atoms with Gasteiger partial charge >= 0.3 is 0 Å². The average molecular weight is 237 g/mol. The van der Waals surface area contributed by atoms with E-state index in [1.54, 1.807) is 6.07 Å². The van der Waals surface area contributed by atoms with Crippen molar-refractivity contribution in [3.8, 4) is 16.9 Å². The molecule has 0 aromatic heterocycles. The van der Waals surface area contributed by atoms with Crippen LogP contribution in [-0.4, -0.2) is 5.11 Å². The second-order valence-electron chi connectivity index (χ2n) is 3.60. The van der Waals surface area contributed by atoms with Gasteiger partial charge in [-0.2, -0.15) is 0 Å². The average Bonchev–Trinajstić information content (AvgIpc) is 2.26. The highest BCUT2D eigenvalue weighted by Crippen LogP contribution is 2.32. The second kappa shape index (κ2) is 4.14. The maximum Gasteiger partial charge on any atom is 0.164 e. The van der Waals surface area contributed by atoms with Gasteiger partial charge in [0.1, 0.15) is 0 Å². The van der Waals surface area contributed by atoms with Crippen LogP contribution in [0.15, 0.2) is 36.4 Å². The van der Waals surface area contributed by atoms with E-state index in [9.17, 15) is 9.50 Å². The summed E-state index contributed by atoms with van der Waals surface area (Å²) in [5.74, 6) is -0.998. The predicted molar refractivity (Wildman–Crippen MR) is 63.2 cm³/mol. The summed E-state index contributed by atoms with van der Waals surface area (Å²) in [6.07, 6.45) is 0. The Morgan fingerprint density at radius 3 is 2.62 bits per heavy atom. The maximum atomic E-state index is 12.9. The maximum absolute atomic E-state index is 12.9. The summed E-state index contributed by atoms with van der Waals surface area (Å²) in [6.45, 7) is 1.90. The highest BCUT2D eigenvalue weighted by atomic mass is 35.5. The summed E-state index contributed by atoms with van der Waals surface area (Å²) >= 11 is 6.14. The van der Waals surface area contributed by atoms with Gasteiger partial charge in [-0.25, -0.2) is 4.39 Å². The fraction of sp³-hybridized carbons (Fsp3) is 0.0769. The molecule has 16 heavy (non-hydrogen) atoms. The van der Waals surface area contributed by atoms with Crippen molar-refractivity contribution in [2.24, 2.45) is 0 Å². The van der Waals surface area contributed by atoms with Gasteiger partial charge in [-0.05, 0) is 30.2 Å². The Kier molecular flexibility index (Phi) is 2.84. The molecule has 0 aliphatic heterocycles. The van der Waals surface area contributed by atoms with Gasteiger partial charge in [0.15, 0.2) is 11.6 Å². The number of benzene rings is 2. The molecule has 0 saturated heterocycles. The lowest BCUT2D eigenvalue weighted by atomic mass is 10.0. The van der Waals surface area contributed by atoms with Crippen molar-refractivity contribution in [2.45, 2.75) is 6.92 Å². The molecule has 3 heteroatoms. The van der Waals surface area contributed by atoms with E-state index in [1.165, 1.54) is 12.1 Å². The lowest BCUT2D eigenvalue weighted by Gasteiger charge is -2.07. The molecule has 0 atom stereocenters. The van der Waals surface area contributed by atoms with Crippen molar-refractivity contribution >= 4 is 11.6 Å². The molecule has 0 bridgehead atoms. The number of phenols is 1. The quantitative estimate of drug-likeness (QED) is 0.788. The van der Waals surface area contributed by atoms with E-state index in [0.717, 1.165) is 11.1 Å². The van der Waals surface area contributed by atoms with Crippen molar-refractivity contribution in [1.82, 2.24) is 0 Å². The number of aromatic hydroxyl groups is 1. The molecule has 1 N–H and O–H groups in total. The molecule has 0 aliphatic rings. The zero-order chi connectivity index (χ0) is 11.7. The molecule has 0 unspecified atom stereocenters. The van der Waals surface area contributed by atoms with Gasteiger partial charge in [0.2, 0.25) is 0 Å². The molecule has 1 nitrogen and oxygen atoms in total. The van der Waals surface area contributed by atoms with Gasteiger partial charge < -0.3 is 5.11 Å². The third-order valence-electron chi connectivity index (χ3n) is 2.45.